The van der Waals surface area contributed by atoms with Gasteiger partial charge in [-0.1, -0.05) is 18.9 Å². The summed E-state index contributed by atoms with van der Waals surface area (Å²) in [5.41, 5.74) is 1.13. The van der Waals surface area contributed by atoms with Gasteiger partial charge in [0.15, 0.2) is 9.84 Å². The Hall–Kier alpha value is -2.85. The molecule has 0 bridgehead atoms. The molecule has 0 atom stereocenters. The van der Waals surface area contributed by atoms with Gasteiger partial charge in [-0.15, -0.1) is 0 Å². The van der Waals surface area contributed by atoms with E-state index < -0.39 is 20.0 Å². The molecule has 7 heteroatoms. The van der Waals surface area contributed by atoms with E-state index in [-0.39, 0.29) is 17.4 Å². The van der Waals surface area contributed by atoms with Crippen LogP contribution in [0, 0.1) is 16.7 Å². The average molecular weight is 453 g/mol. The van der Waals surface area contributed by atoms with Crippen LogP contribution in [0.1, 0.15) is 57.6 Å². The molecule has 2 aromatic carbocycles. The van der Waals surface area contributed by atoms with Crippen molar-refractivity contribution in [3.63, 3.8) is 0 Å². The third-order valence-electron chi connectivity index (χ3n) is 6.72. The van der Waals surface area contributed by atoms with Crippen molar-refractivity contribution < 1.29 is 17.9 Å². The molecule has 1 heterocycles. The van der Waals surface area contributed by atoms with Crippen LogP contribution in [0.25, 0.3) is 0 Å². The summed E-state index contributed by atoms with van der Waals surface area (Å²) < 4.78 is 32.8. The van der Waals surface area contributed by atoms with Crippen molar-refractivity contribution in [3.05, 3.63) is 53.6 Å². The number of fused-ring (bicyclic) bond motifs is 1. The third kappa shape index (κ3) is 3.38. The Labute approximate surface area is 189 Å². The minimum Gasteiger partial charge on any atom is -0.490 e. The van der Waals surface area contributed by atoms with Gasteiger partial charge in [0, 0.05) is 6.54 Å². The maximum Gasteiger partial charge on any atom is 0.236 e. The van der Waals surface area contributed by atoms with Crippen LogP contribution in [0.4, 0.5) is 5.69 Å². The Morgan fingerprint density at radius 3 is 2.34 bits per heavy atom. The molecule has 0 saturated heterocycles. The molecule has 1 amide bonds. The second-order valence-electron chi connectivity index (χ2n) is 9.25. The van der Waals surface area contributed by atoms with Gasteiger partial charge in [0.25, 0.3) is 0 Å². The number of rotatable bonds is 4. The smallest absolute Gasteiger partial charge is 0.236 e. The standard InChI is InChI=1S/C25H28N2O4S/c1-4-27-21-12-9-19(15-22(21)31-17-24(2,3)23(27)28)25(13-5-6-14-25)32(29,30)20-10-7-18(16-26)8-11-20/h7-12,15H,4-6,13-14,17H2,1-3H3. The van der Waals surface area contributed by atoms with E-state index in [9.17, 15) is 13.2 Å². The summed E-state index contributed by atoms with van der Waals surface area (Å²) in [7, 11) is -3.71. The molecule has 1 saturated carbocycles. The zero-order valence-electron chi connectivity index (χ0n) is 18.7. The highest BCUT2D eigenvalue weighted by Crippen LogP contribution is 2.50. The van der Waals surface area contributed by atoms with Crippen molar-refractivity contribution in [3.8, 4) is 11.8 Å². The van der Waals surface area contributed by atoms with E-state index in [1.54, 1.807) is 17.0 Å². The Balaban J connectivity index is 1.83. The predicted octanol–water partition coefficient (Wildman–Crippen LogP) is 4.57. The van der Waals surface area contributed by atoms with Gasteiger partial charge in [0.1, 0.15) is 17.1 Å². The molecular weight excluding hydrogens is 424 g/mol. The van der Waals surface area contributed by atoms with Gasteiger partial charge in [0.2, 0.25) is 5.91 Å². The van der Waals surface area contributed by atoms with E-state index in [0.29, 0.717) is 42.0 Å². The second-order valence-corrected chi connectivity index (χ2v) is 11.5. The zero-order chi connectivity index (χ0) is 23.1. The zero-order valence-corrected chi connectivity index (χ0v) is 19.5. The maximum absolute atomic E-state index is 13.9. The van der Waals surface area contributed by atoms with Gasteiger partial charge in [-0.25, -0.2) is 8.42 Å². The number of ether oxygens (including phenoxy) is 1. The van der Waals surface area contributed by atoms with Crippen molar-refractivity contribution >= 4 is 21.4 Å². The molecule has 1 aliphatic heterocycles. The number of hydrogen-bond donors (Lipinski definition) is 0. The quantitative estimate of drug-likeness (QED) is 0.678. The summed E-state index contributed by atoms with van der Waals surface area (Å²) in [5, 5.41) is 9.06. The summed E-state index contributed by atoms with van der Waals surface area (Å²) in [4.78, 5) is 14.9. The lowest BCUT2D eigenvalue weighted by atomic mass is 9.93. The predicted molar refractivity (Wildman–Crippen MR) is 122 cm³/mol. The summed E-state index contributed by atoms with van der Waals surface area (Å²) in [6, 6.07) is 13.6. The maximum atomic E-state index is 13.9. The number of nitrogens with zero attached hydrogens (tertiary/aromatic N) is 2. The van der Waals surface area contributed by atoms with E-state index >= 15 is 0 Å². The number of benzene rings is 2. The lowest BCUT2D eigenvalue weighted by Crippen LogP contribution is -2.42. The molecular formula is C25H28N2O4S. The van der Waals surface area contributed by atoms with Crippen molar-refractivity contribution in [1.82, 2.24) is 0 Å². The fourth-order valence-corrected chi connectivity index (χ4v) is 7.05. The lowest BCUT2D eigenvalue weighted by molar-refractivity contribution is -0.127. The SMILES string of the molecule is CCN1C(=O)C(C)(C)COc2cc(C3(S(=O)(=O)c4ccc(C#N)cc4)CCCC3)ccc21. The number of sulfone groups is 1. The third-order valence-corrected chi connectivity index (χ3v) is 9.29. The number of hydrogen-bond acceptors (Lipinski definition) is 5. The van der Waals surface area contributed by atoms with Crippen LogP contribution >= 0.6 is 0 Å². The highest BCUT2D eigenvalue weighted by Gasteiger charge is 2.49. The van der Waals surface area contributed by atoms with Gasteiger partial charge in [-0.2, -0.15) is 5.26 Å². The van der Waals surface area contributed by atoms with Crippen LogP contribution in [0.3, 0.4) is 0 Å². The molecule has 0 unspecified atom stereocenters. The molecule has 1 fully saturated rings. The summed E-state index contributed by atoms with van der Waals surface area (Å²) >= 11 is 0. The van der Waals surface area contributed by atoms with E-state index in [1.807, 2.05) is 45.0 Å². The molecule has 0 aromatic heterocycles. The van der Waals surface area contributed by atoms with Crippen molar-refractivity contribution in [2.45, 2.75) is 56.1 Å². The van der Waals surface area contributed by atoms with Gasteiger partial charge < -0.3 is 9.64 Å². The summed E-state index contributed by atoms with van der Waals surface area (Å²) in [6.07, 6.45) is 2.69. The monoisotopic (exact) mass is 452 g/mol. The highest BCUT2D eigenvalue weighted by molar-refractivity contribution is 7.92. The fourth-order valence-electron chi connectivity index (χ4n) is 4.84. The van der Waals surface area contributed by atoms with Crippen molar-refractivity contribution in [2.24, 2.45) is 5.41 Å². The van der Waals surface area contributed by atoms with Crippen LogP contribution in [-0.2, 0) is 19.4 Å². The highest BCUT2D eigenvalue weighted by atomic mass is 32.2. The molecule has 4 rings (SSSR count). The average Bonchev–Trinajstić information content (AvgIpc) is 3.27. The molecule has 0 N–H and O–H groups in total. The van der Waals surface area contributed by atoms with Gasteiger partial charge >= 0.3 is 0 Å². The number of nitriles is 1. The minimum absolute atomic E-state index is 0.00714. The Bertz CT molecular complexity index is 1190. The van der Waals surface area contributed by atoms with E-state index in [2.05, 4.69) is 0 Å². The first-order chi connectivity index (χ1) is 15.2. The number of amides is 1. The van der Waals surface area contributed by atoms with Crippen molar-refractivity contribution in [2.75, 3.05) is 18.1 Å². The number of anilines is 1. The lowest BCUT2D eigenvalue weighted by Gasteiger charge is -2.31. The van der Waals surface area contributed by atoms with Crippen LogP contribution in [0.15, 0.2) is 47.4 Å². The van der Waals surface area contributed by atoms with Gasteiger partial charge in [-0.3, -0.25) is 4.79 Å². The first-order valence-electron chi connectivity index (χ1n) is 11.0. The van der Waals surface area contributed by atoms with Gasteiger partial charge in [0.05, 0.1) is 27.6 Å². The van der Waals surface area contributed by atoms with E-state index in [0.717, 1.165) is 12.8 Å². The molecule has 6 nitrogen and oxygen atoms in total. The molecule has 2 aliphatic rings. The Morgan fingerprint density at radius 1 is 1.09 bits per heavy atom. The Kier molecular flexibility index (Phi) is 5.54. The second kappa shape index (κ2) is 7.93. The topological polar surface area (TPSA) is 87.5 Å². The molecule has 0 spiro atoms. The largest absolute Gasteiger partial charge is 0.490 e. The Morgan fingerprint density at radius 2 is 1.75 bits per heavy atom. The molecule has 2 aromatic rings. The van der Waals surface area contributed by atoms with Crippen molar-refractivity contribution in [1.29, 1.82) is 5.26 Å². The van der Waals surface area contributed by atoms with Gasteiger partial charge in [-0.05, 0) is 75.6 Å². The fraction of sp³-hybridized carbons (Fsp3) is 0.440. The number of carbonyl (C=O) groups excluding carboxylic acids is 1. The minimum atomic E-state index is -3.71. The molecule has 168 valence electrons. The van der Waals surface area contributed by atoms with Crippen LogP contribution in [0.2, 0.25) is 0 Å². The van der Waals surface area contributed by atoms with Crippen LogP contribution < -0.4 is 9.64 Å². The molecule has 32 heavy (non-hydrogen) atoms. The first kappa shape index (κ1) is 22.3. The van der Waals surface area contributed by atoms with E-state index in [1.165, 1.54) is 12.1 Å². The van der Waals surface area contributed by atoms with Crippen LogP contribution in [-0.4, -0.2) is 27.5 Å². The van der Waals surface area contributed by atoms with Crippen LogP contribution in [0.5, 0.6) is 5.75 Å². The molecule has 1 aliphatic carbocycles. The normalized spacial score (nSPS) is 19.6. The summed E-state index contributed by atoms with van der Waals surface area (Å²) in [6.45, 7) is 6.38. The summed E-state index contributed by atoms with van der Waals surface area (Å²) in [5.74, 6) is 0.539. The van der Waals surface area contributed by atoms with E-state index in [4.69, 9.17) is 10.00 Å². The number of carbonyl (C=O) groups is 1. The molecule has 0 radical (unpaired) electrons. The first-order valence-corrected chi connectivity index (χ1v) is 12.5.